The number of halogens is 3. The zero-order valence-electron chi connectivity index (χ0n) is 20.3. The van der Waals surface area contributed by atoms with Gasteiger partial charge in [0.15, 0.2) is 0 Å². The van der Waals surface area contributed by atoms with Crippen molar-refractivity contribution in [2.75, 3.05) is 23.7 Å². The van der Waals surface area contributed by atoms with Gasteiger partial charge in [0.25, 0.3) is 0 Å². The van der Waals surface area contributed by atoms with Crippen LogP contribution in [0, 0.1) is 12.8 Å². The number of benzene rings is 2. The third kappa shape index (κ3) is 8.37. The van der Waals surface area contributed by atoms with Gasteiger partial charge in [0.1, 0.15) is 12.6 Å². The first-order valence-corrected chi connectivity index (χ1v) is 14.4. The Morgan fingerprint density at radius 1 is 1.09 bits per heavy atom. The summed E-state index contributed by atoms with van der Waals surface area (Å²) in [4.78, 5) is 27.7. The summed E-state index contributed by atoms with van der Waals surface area (Å²) in [5.74, 6) is -0.667. The lowest BCUT2D eigenvalue weighted by Gasteiger charge is -2.32. The molecule has 0 aromatic heterocycles. The summed E-state index contributed by atoms with van der Waals surface area (Å²) in [7, 11) is -3.80. The monoisotopic (exact) mass is 605 g/mol. The molecular weight excluding hydrogens is 577 g/mol. The maximum atomic E-state index is 13.6. The van der Waals surface area contributed by atoms with Crippen molar-refractivity contribution in [3.05, 3.63) is 62.0 Å². The molecule has 0 aliphatic heterocycles. The van der Waals surface area contributed by atoms with Crippen LogP contribution in [0.2, 0.25) is 10.0 Å². The number of sulfonamides is 1. The van der Waals surface area contributed by atoms with Crippen LogP contribution >= 0.6 is 39.1 Å². The number of rotatable bonds is 10. The first-order valence-electron chi connectivity index (χ1n) is 11.0. The van der Waals surface area contributed by atoms with E-state index in [0.29, 0.717) is 27.8 Å². The molecule has 192 valence electrons. The smallest absolute Gasteiger partial charge is 0.244 e. The Bertz CT molecular complexity index is 1190. The van der Waals surface area contributed by atoms with E-state index in [-0.39, 0.29) is 18.4 Å². The van der Waals surface area contributed by atoms with Crippen LogP contribution in [-0.2, 0) is 26.2 Å². The van der Waals surface area contributed by atoms with Gasteiger partial charge in [0, 0.05) is 27.6 Å². The van der Waals surface area contributed by atoms with E-state index in [1.807, 2.05) is 20.8 Å². The zero-order chi connectivity index (χ0) is 26.5. The highest BCUT2D eigenvalue weighted by molar-refractivity contribution is 9.10. The number of nitrogens with zero attached hydrogens (tertiary/aromatic N) is 2. The normalized spacial score (nSPS) is 12.4. The van der Waals surface area contributed by atoms with Crippen molar-refractivity contribution in [1.29, 1.82) is 0 Å². The minimum Gasteiger partial charge on any atom is -0.354 e. The van der Waals surface area contributed by atoms with Crippen molar-refractivity contribution >= 4 is 66.7 Å². The first kappa shape index (κ1) is 29.4. The number of carbonyl (C=O) groups excluding carboxylic acids is 2. The van der Waals surface area contributed by atoms with Crippen LogP contribution in [0.15, 0.2) is 40.9 Å². The van der Waals surface area contributed by atoms with Crippen molar-refractivity contribution in [2.24, 2.45) is 5.92 Å². The molecule has 0 aliphatic rings. The highest BCUT2D eigenvalue weighted by atomic mass is 79.9. The molecule has 1 N–H and O–H groups in total. The molecule has 7 nitrogen and oxygen atoms in total. The van der Waals surface area contributed by atoms with Gasteiger partial charge < -0.3 is 10.2 Å². The SMILES string of the molecule is Cc1cc(N(CC(=O)N(Cc2ccc(Cl)cc2Cl)C(C)C(=O)NCC(C)C)S(C)(=O)=O)ccc1Br. The molecule has 0 bridgehead atoms. The second-order valence-corrected chi connectivity index (χ2v) is 12.4. The van der Waals surface area contributed by atoms with Gasteiger partial charge in [-0.25, -0.2) is 8.42 Å². The Balaban J connectivity index is 2.42. The second kappa shape index (κ2) is 12.4. The summed E-state index contributed by atoms with van der Waals surface area (Å²) in [6.45, 7) is 7.32. The Hall–Kier alpha value is -1.81. The van der Waals surface area contributed by atoms with Gasteiger partial charge in [-0.2, -0.15) is 0 Å². The van der Waals surface area contributed by atoms with Crippen LogP contribution in [0.25, 0.3) is 0 Å². The van der Waals surface area contributed by atoms with Crippen LogP contribution in [0.1, 0.15) is 31.9 Å². The van der Waals surface area contributed by atoms with Crippen molar-refractivity contribution in [2.45, 2.75) is 40.3 Å². The van der Waals surface area contributed by atoms with Gasteiger partial charge in [-0.3, -0.25) is 13.9 Å². The average Bonchev–Trinajstić information content (AvgIpc) is 2.75. The van der Waals surface area contributed by atoms with Crippen LogP contribution in [0.3, 0.4) is 0 Å². The van der Waals surface area contributed by atoms with Gasteiger partial charge >= 0.3 is 0 Å². The van der Waals surface area contributed by atoms with Crippen molar-refractivity contribution in [3.8, 4) is 0 Å². The van der Waals surface area contributed by atoms with Gasteiger partial charge in [0.05, 0.1) is 11.9 Å². The Morgan fingerprint density at radius 2 is 1.74 bits per heavy atom. The summed E-state index contributed by atoms with van der Waals surface area (Å²) >= 11 is 15.7. The Kier molecular flexibility index (Phi) is 10.4. The minimum absolute atomic E-state index is 0.00205. The maximum absolute atomic E-state index is 13.6. The van der Waals surface area contributed by atoms with E-state index < -0.39 is 28.5 Å². The van der Waals surface area contributed by atoms with E-state index in [1.165, 1.54) is 4.90 Å². The Labute approximate surface area is 225 Å². The second-order valence-electron chi connectivity index (χ2n) is 8.78. The molecular formula is C24H30BrCl2N3O4S. The van der Waals surface area contributed by atoms with Gasteiger partial charge in [-0.15, -0.1) is 0 Å². The predicted molar refractivity (Wildman–Crippen MR) is 145 cm³/mol. The number of aryl methyl sites for hydroxylation is 1. The van der Waals surface area contributed by atoms with Crippen LogP contribution < -0.4 is 9.62 Å². The van der Waals surface area contributed by atoms with E-state index in [0.717, 1.165) is 20.6 Å². The van der Waals surface area contributed by atoms with Crippen LogP contribution in [0.5, 0.6) is 0 Å². The molecule has 0 aliphatic carbocycles. The number of hydrogen-bond donors (Lipinski definition) is 1. The molecule has 11 heteroatoms. The van der Waals surface area contributed by atoms with Gasteiger partial charge in [-0.05, 0) is 61.2 Å². The van der Waals surface area contributed by atoms with Crippen LogP contribution in [0.4, 0.5) is 5.69 Å². The predicted octanol–water partition coefficient (Wildman–Crippen LogP) is 5.02. The molecule has 1 unspecified atom stereocenters. The topological polar surface area (TPSA) is 86.8 Å². The third-order valence-corrected chi connectivity index (χ3v) is 7.93. The van der Waals surface area contributed by atoms with Crippen molar-refractivity contribution in [3.63, 3.8) is 0 Å². The van der Waals surface area contributed by atoms with E-state index in [4.69, 9.17) is 23.2 Å². The summed E-state index contributed by atoms with van der Waals surface area (Å²) in [6, 6.07) is 9.01. The number of hydrogen-bond acceptors (Lipinski definition) is 4. The van der Waals surface area contributed by atoms with E-state index in [9.17, 15) is 18.0 Å². The van der Waals surface area contributed by atoms with Gasteiger partial charge in [-0.1, -0.05) is 59.0 Å². The number of carbonyl (C=O) groups is 2. The first-order chi connectivity index (χ1) is 16.2. The van der Waals surface area contributed by atoms with E-state index in [1.54, 1.807) is 43.3 Å². The third-order valence-electron chi connectivity index (χ3n) is 5.32. The highest BCUT2D eigenvalue weighted by Crippen LogP contribution is 2.26. The molecule has 2 aromatic carbocycles. The molecule has 0 spiro atoms. The average molecular weight is 607 g/mol. The summed E-state index contributed by atoms with van der Waals surface area (Å²) < 4.78 is 27.1. The van der Waals surface area contributed by atoms with E-state index >= 15 is 0 Å². The molecule has 2 amide bonds. The zero-order valence-corrected chi connectivity index (χ0v) is 24.2. The van der Waals surface area contributed by atoms with E-state index in [2.05, 4.69) is 21.2 Å². The maximum Gasteiger partial charge on any atom is 0.244 e. The molecule has 35 heavy (non-hydrogen) atoms. The highest BCUT2D eigenvalue weighted by Gasteiger charge is 2.30. The van der Waals surface area contributed by atoms with Gasteiger partial charge in [0.2, 0.25) is 21.8 Å². The summed E-state index contributed by atoms with van der Waals surface area (Å²) in [6.07, 6.45) is 1.04. The number of nitrogens with one attached hydrogen (secondary N) is 1. The molecule has 1 atom stereocenters. The number of amides is 2. The lowest BCUT2D eigenvalue weighted by Crippen LogP contribution is -2.51. The fourth-order valence-corrected chi connectivity index (χ4v) is 4.82. The molecule has 0 saturated heterocycles. The fraction of sp³-hybridized carbons (Fsp3) is 0.417. The number of anilines is 1. The minimum atomic E-state index is -3.80. The Morgan fingerprint density at radius 3 is 2.29 bits per heavy atom. The molecule has 0 fully saturated rings. The largest absolute Gasteiger partial charge is 0.354 e. The molecule has 0 heterocycles. The lowest BCUT2D eigenvalue weighted by molar-refractivity contribution is -0.139. The standard InChI is InChI=1S/C24H30BrCl2N3O4S/c1-15(2)12-28-24(32)17(4)29(13-18-6-7-19(26)11-22(18)27)23(31)14-30(35(5,33)34)20-8-9-21(25)16(3)10-20/h6-11,15,17H,12-14H2,1-5H3,(H,28,32). The summed E-state index contributed by atoms with van der Waals surface area (Å²) in [5.41, 5.74) is 1.75. The lowest BCUT2D eigenvalue weighted by atomic mass is 10.1. The van der Waals surface area contributed by atoms with Crippen molar-refractivity contribution < 1.29 is 18.0 Å². The molecule has 0 radical (unpaired) electrons. The summed E-state index contributed by atoms with van der Waals surface area (Å²) in [5, 5.41) is 3.61. The molecule has 0 saturated carbocycles. The molecule has 2 rings (SSSR count). The fourth-order valence-electron chi connectivity index (χ4n) is 3.27. The van der Waals surface area contributed by atoms with Crippen molar-refractivity contribution in [1.82, 2.24) is 10.2 Å². The van der Waals surface area contributed by atoms with Crippen LogP contribution in [-0.4, -0.2) is 50.5 Å². The molecule has 2 aromatic rings. The quantitative estimate of drug-likeness (QED) is 0.411.